The first-order valence-corrected chi connectivity index (χ1v) is 8.21. The van der Waals surface area contributed by atoms with Gasteiger partial charge in [-0.2, -0.15) is 0 Å². The van der Waals surface area contributed by atoms with Crippen molar-refractivity contribution in [3.63, 3.8) is 0 Å². The van der Waals surface area contributed by atoms with Crippen LogP contribution in [-0.2, 0) is 6.54 Å². The monoisotopic (exact) mass is 322 g/mol. The highest BCUT2D eigenvalue weighted by molar-refractivity contribution is 9.10. The van der Waals surface area contributed by atoms with Crippen LogP contribution < -0.4 is 5.32 Å². The van der Waals surface area contributed by atoms with Gasteiger partial charge >= 0.3 is 0 Å². The largest absolute Gasteiger partial charge is 0.310 e. The van der Waals surface area contributed by atoms with E-state index in [0.717, 1.165) is 23.1 Å². The minimum absolute atomic E-state index is 0.704. The molecule has 19 heavy (non-hydrogen) atoms. The molecule has 2 nitrogen and oxygen atoms in total. The van der Waals surface area contributed by atoms with Crippen molar-refractivity contribution in [2.75, 3.05) is 7.05 Å². The van der Waals surface area contributed by atoms with Gasteiger partial charge in [0, 0.05) is 29.1 Å². The van der Waals surface area contributed by atoms with Gasteiger partial charge in [-0.1, -0.05) is 34.5 Å². The molecule has 0 aromatic heterocycles. The van der Waals surface area contributed by atoms with Gasteiger partial charge in [0.05, 0.1) is 0 Å². The average Bonchev–Trinajstić information content (AvgIpc) is 2.39. The van der Waals surface area contributed by atoms with Crippen LogP contribution in [0, 0.1) is 0 Å². The first kappa shape index (κ1) is 13.6. The maximum atomic E-state index is 3.76. The number of rotatable bonds is 3. The van der Waals surface area contributed by atoms with E-state index in [1.807, 2.05) is 0 Å². The quantitative estimate of drug-likeness (QED) is 0.915. The molecule has 0 spiro atoms. The molecule has 0 aliphatic carbocycles. The maximum absolute atomic E-state index is 3.76. The van der Waals surface area contributed by atoms with Gasteiger partial charge in [-0.15, -0.1) is 0 Å². The molecule has 2 aliphatic heterocycles. The number of hydrogen-bond acceptors (Lipinski definition) is 2. The van der Waals surface area contributed by atoms with Gasteiger partial charge in [0.25, 0.3) is 0 Å². The molecule has 0 amide bonds. The Morgan fingerprint density at radius 3 is 2.42 bits per heavy atom. The summed E-state index contributed by atoms with van der Waals surface area (Å²) >= 11 is 3.49. The molecule has 2 fully saturated rings. The summed E-state index contributed by atoms with van der Waals surface area (Å²) in [6, 6.07) is 11.0. The molecule has 3 heteroatoms. The van der Waals surface area contributed by atoms with Crippen LogP contribution in [0.5, 0.6) is 0 Å². The van der Waals surface area contributed by atoms with Crippen molar-refractivity contribution >= 4 is 15.9 Å². The summed E-state index contributed by atoms with van der Waals surface area (Å²) in [6.45, 7) is 1.00. The molecule has 0 saturated carbocycles. The highest BCUT2D eigenvalue weighted by Crippen LogP contribution is 2.32. The standard InChI is InChI=1S/C16H23BrN2/c1-19-15-3-2-4-16(19)10-14(9-15)18-11-12-5-7-13(17)8-6-12/h5-8,14-16,18H,2-4,9-11H2,1H3. The molecule has 1 aromatic carbocycles. The summed E-state index contributed by atoms with van der Waals surface area (Å²) in [5.41, 5.74) is 1.38. The lowest BCUT2D eigenvalue weighted by Crippen LogP contribution is -2.54. The van der Waals surface area contributed by atoms with Crippen LogP contribution in [0.15, 0.2) is 28.7 Å². The van der Waals surface area contributed by atoms with E-state index in [-0.39, 0.29) is 0 Å². The molecule has 2 heterocycles. The van der Waals surface area contributed by atoms with Crippen LogP contribution in [-0.4, -0.2) is 30.1 Å². The zero-order valence-corrected chi connectivity index (χ0v) is 13.2. The van der Waals surface area contributed by atoms with E-state index in [0.29, 0.717) is 6.04 Å². The van der Waals surface area contributed by atoms with E-state index in [4.69, 9.17) is 0 Å². The molecule has 2 saturated heterocycles. The van der Waals surface area contributed by atoms with E-state index in [2.05, 4.69) is 57.5 Å². The predicted octanol–water partition coefficient (Wildman–Crippen LogP) is 3.55. The smallest absolute Gasteiger partial charge is 0.0208 e. The van der Waals surface area contributed by atoms with Crippen molar-refractivity contribution in [3.05, 3.63) is 34.3 Å². The van der Waals surface area contributed by atoms with Crippen molar-refractivity contribution in [2.24, 2.45) is 0 Å². The third-order valence-corrected chi connectivity index (χ3v) is 5.38. The molecular weight excluding hydrogens is 300 g/mol. The summed E-state index contributed by atoms with van der Waals surface area (Å²) in [6.07, 6.45) is 6.86. The SMILES string of the molecule is CN1C2CCCC1CC(NCc1ccc(Br)cc1)C2. The first-order valence-electron chi connectivity index (χ1n) is 7.42. The first-order chi connectivity index (χ1) is 9.22. The molecular formula is C16H23BrN2. The molecule has 3 rings (SSSR count). The second-order valence-corrected chi connectivity index (χ2v) is 7.00. The van der Waals surface area contributed by atoms with Crippen LogP contribution in [0.1, 0.15) is 37.7 Å². The number of nitrogens with zero attached hydrogens (tertiary/aromatic N) is 1. The second-order valence-electron chi connectivity index (χ2n) is 6.08. The molecule has 2 atom stereocenters. The Balaban J connectivity index is 1.55. The Bertz CT molecular complexity index is 403. The zero-order valence-electron chi connectivity index (χ0n) is 11.6. The van der Waals surface area contributed by atoms with Crippen molar-refractivity contribution in [1.82, 2.24) is 10.2 Å². The summed E-state index contributed by atoms with van der Waals surface area (Å²) in [5.74, 6) is 0. The Hall–Kier alpha value is -0.380. The van der Waals surface area contributed by atoms with Crippen LogP contribution in [0.3, 0.4) is 0 Å². The Morgan fingerprint density at radius 1 is 1.16 bits per heavy atom. The number of nitrogens with one attached hydrogen (secondary N) is 1. The molecule has 104 valence electrons. The van der Waals surface area contributed by atoms with Crippen molar-refractivity contribution < 1.29 is 0 Å². The molecule has 0 radical (unpaired) electrons. The van der Waals surface area contributed by atoms with E-state index >= 15 is 0 Å². The number of piperidine rings is 2. The molecule has 1 aromatic rings. The highest BCUT2D eigenvalue weighted by atomic mass is 79.9. The van der Waals surface area contributed by atoms with Crippen molar-refractivity contribution in [1.29, 1.82) is 0 Å². The average molecular weight is 323 g/mol. The molecule has 1 N–H and O–H groups in total. The van der Waals surface area contributed by atoms with Crippen LogP contribution in [0.2, 0.25) is 0 Å². The number of fused-ring (bicyclic) bond motifs is 2. The van der Waals surface area contributed by atoms with E-state index < -0.39 is 0 Å². The maximum Gasteiger partial charge on any atom is 0.0208 e. The van der Waals surface area contributed by atoms with Crippen molar-refractivity contribution in [3.8, 4) is 0 Å². The number of hydrogen-bond donors (Lipinski definition) is 1. The fraction of sp³-hybridized carbons (Fsp3) is 0.625. The van der Waals surface area contributed by atoms with Crippen LogP contribution in [0.4, 0.5) is 0 Å². The Kier molecular flexibility index (Phi) is 4.25. The Labute approximate surface area is 124 Å². The minimum Gasteiger partial charge on any atom is -0.310 e. The molecule has 2 aliphatic rings. The fourth-order valence-electron chi connectivity index (χ4n) is 3.65. The second kappa shape index (κ2) is 5.94. The third kappa shape index (κ3) is 3.21. The fourth-order valence-corrected chi connectivity index (χ4v) is 3.91. The lowest BCUT2D eigenvalue weighted by molar-refractivity contribution is 0.0482. The lowest BCUT2D eigenvalue weighted by Gasteiger charge is -2.47. The third-order valence-electron chi connectivity index (χ3n) is 4.85. The minimum atomic E-state index is 0.704. The van der Waals surface area contributed by atoms with Gasteiger partial charge in [-0.3, -0.25) is 0 Å². The summed E-state index contributed by atoms with van der Waals surface area (Å²) in [5, 5.41) is 3.76. The van der Waals surface area contributed by atoms with Gasteiger partial charge in [-0.25, -0.2) is 0 Å². The van der Waals surface area contributed by atoms with Crippen LogP contribution in [0.25, 0.3) is 0 Å². The Morgan fingerprint density at radius 2 is 1.79 bits per heavy atom. The number of halogens is 1. The van der Waals surface area contributed by atoms with Gasteiger partial charge in [0.15, 0.2) is 0 Å². The molecule has 2 bridgehead atoms. The van der Waals surface area contributed by atoms with Crippen molar-refractivity contribution in [2.45, 2.75) is 56.8 Å². The van der Waals surface area contributed by atoms with Gasteiger partial charge < -0.3 is 10.2 Å². The van der Waals surface area contributed by atoms with Gasteiger partial charge in [-0.05, 0) is 50.4 Å². The van der Waals surface area contributed by atoms with Gasteiger partial charge in [0.1, 0.15) is 0 Å². The van der Waals surface area contributed by atoms with Crippen LogP contribution >= 0.6 is 15.9 Å². The molecule has 2 unspecified atom stereocenters. The highest BCUT2D eigenvalue weighted by Gasteiger charge is 2.35. The van der Waals surface area contributed by atoms with Gasteiger partial charge in [0.2, 0.25) is 0 Å². The zero-order chi connectivity index (χ0) is 13.2. The lowest BCUT2D eigenvalue weighted by atomic mass is 9.82. The summed E-state index contributed by atoms with van der Waals surface area (Å²) in [7, 11) is 2.32. The summed E-state index contributed by atoms with van der Waals surface area (Å²) < 4.78 is 1.16. The predicted molar refractivity (Wildman–Crippen MR) is 83.2 cm³/mol. The van der Waals surface area contributed by atoms with E-state index in [1.165, 1.54) is 37.7 Å². The number of benzene rings is 1. The van der Waals surface area contributed by atoms with E-state index in [1.54, 1.807) is 0 Å². The van der Waals surface area contributed by atoms with E-state index in [9.17, 15) is 0 Å². The summed E-state index contributed by atoms with van der Waals surface area (Å²) in [4.78, 5) is 2.63. The normalized spacial score (nSPS) is 31.4. The topological polar surface area (TPSA) is 15.3 Å².